The second-order valence-electron chi connectivity index (χ2n) is 10.6. The van der Waals surface area contributed by atoms with Gasteiger partial charge in [-0.1, -0.05) is 140 Å². The van der Waals surface area contributed by atoms with Gasteiger partial charge >= 0.3 is 0 Å². The van der Waals surface area contributed by atoms with Gasteiger partial charge in [-0.2, -0.15) is 13.5 Å². The number of hydrogen-bond donors (Lipinski definition) is 2. The lowest BCUT2D eigenvalue weighted by Crippen LogP contribution is -2.18. The zero-order valence-electron chi connectivity index (χ0n) is 26.9. The second-order valence-corrected chi connectivity index (χ2v) is 11.6. The first kappa shape index (κ1) is 37.1. The van der Waals surface area contributed by atoms with Gasteiger partial charge < -0.3 is 10.6 Å². The van der Waals surface area contributed by atoms with Gasteiger partial charge in [0.2, 0.25) is 0 Å². The number of allylic oxidation sites excluding steroid dienone is 4. The van der Waals surface area contributed by atoms with Crippen LogP contribution in [0.15, 0.2) is 95.5 Å². The predicted molar refractivity (Wildman–Crippen MR) is 198 cm³/mol. The van der Waals surface area contributed by atoms with Crippen molar-refractivity contribution in [2.24, 2.45) is 0 Å². The second kappa shape index (κ2) is 20.0. The predicted octanol–water partition coefficient (Wildman–Crippen LogP) is 10.8. The lowest BCUT2D eigenvalue weighted by molar-refractivity contribution is 0.984. The molecule has 2 N–H and O–H groups in total. The standard InChI is InChI=1S/C19H19N.C13H14BrN.2C3H8.H2S/c1-14-8-10-18(15(2)12-14)19-11-9-17(13-20-19)16-6-4-3-5-7-16;1-9-3-5-12(10(2)7-9)13-6-4-11(14)8-15-13;2*1-3-2;/h3-12,20H,13H2,1-2H3;3-7,15H,8H2,1-2H3;2*3H2,1-2H3;1H2. The summed E-state index contributed by atoms with van der Waals surface area (Å²) in [7, 11) is 0. The van der Waals surface area contributed by atoms with E-state index < -0.39 is 0 Å². The Morgan fingerprint density at radius 2 is 1.05 bits per heavy atom. The van der Waals surface area contributed by atoms with Crippen LogP contribution in [0.1, 0.15) is 79.5 Å². The van der Waals surface area contributed by atoms with E-state index in [1.165, 1.54) is 73.2 Å². The molecule has 2 heterocycles. The highest BCUT2D eigenvalue weighted by Crippen LogP contribution is 2.24. The van der Waals surface area contributed by atoms with E-state index in [2.05, 4.69) is 173 Å². The summed E-state index contributed by atoms with van der Waals surface area (Å²) in [5.74, 6) is 0. The minimum absolute atomic E-state index is 0. The molecule has 226 valence electrons. The normalized spacial score (nSPS) is 13.2. The third-order valence-corrected chi connectivity index (χ3v) is 6.83. The summed E-state index contributed by atoms with van der Waals surface area (Å²) in [5, 5.41) is 6.93. The molecule has 0 aromatic heterocycles. The van der Waals surface area contributed by atoms with Gasteiger partial charge in [-0.05, 0) is 68.2 Å². The Balaban J connectivity index is 0.000000356. The number of hydrogen-bond acceptors (Lipinski definition) is 2. The van der Waals surface area contributed by atoms with Gasteiger partial charge in [0.05, 0.1) is 0 Å². The van der Waals surface area contributed by atoms with Gasteiger partial charge in [-0.15, -0.1) is 0 Å². The maximum absolute atomic E-state index is 3.54. The smallest absolute Gasteiger partial charge is 0.0466 e. The number of nitrogens with one attached hydrogen (secondary N) is 2. The third kappa shape index (κ3) is 12.1. The lowest BCUT2D eigenvalue weighted by Gasteiger charge is -2.19. The van der Waals surface area contributed by atoms with Crippen molar-refractivity contribution in [3.05, 3.63) is 134 Å². The van der Waals surface area contributed by atoms with E-state index >= 15 is 0 Å². The summed E-state index contributed by atoms with van der Waals surface area (Å²) in [4.78, 5) is 0. The van der Waals surface area contributed by atoms with Crippen LogP contribution in [-0.2, 0) is 0 Å². The van der Waals surface area contributed by atoms with Gasteiger partial charge in [0.1, 0.15) is 0 Å². The molecule has 2 aliphatic rings. The molecule has 0 bridgehead atoms. The van der Waals surface area contributed by atoms with Crippen LogP contribution in [0.5, 0.6) is 0 Å². The Labute approximate surface area is 271 Å². The molecule has 0 saturated carbocycles. The van der Waals surface area contributed by atoms with Gasteiger partial charge in [0, 0.05) is 40.1 Å². The van der Waals surface area contributed by atoms with E-state index in [4.69, 9.17) is 0 Å². The summed E-state index contributed by atoms with van der Waals surface area (Å²) in [6.07, 6.45) is 11.1. The maximum atomic E-state index is 3.54. The van der Waals surface area contributed by atoms with E-state index in [0.717, 1.165) is 13.1 Å². The van der Waals surface area contributed by atoms with Gasteiger partial charge in [0.15, 0.2) is 0 Å². The van der Waals surface area contributed by atoms with Crippen LogP contribution in [-0.4, -0.2) is 13.1 Å². The minimum Gasteiger partial charge on any atom is -0.380 e. The van der Waals surface area contributed by atoms with E-state index in [1.54, 1.807) is 0 Å². The zero-order valence-corrected chi connectivity index (χ0v) is 29.5. The quantitative estimate of drug-likeness (QED) is 0.296. The van der Waals surface area contributed by atoms with Crippen molar-refractivity contribution in [1.82, 2.24) is 10.6 Å². The fourth-order valence-electron chi connectivity index (χ4n) is 4.42. The van der Waals surface area contributed by atoms with Crippen LogP contribution in [0.4, 0.5) is 0 Å². The van der Waals surface area contributed by atoms with Crippen LogP contribution in [0, 0.1) is 27.7 Å². The number of dihydropyridines is 2. The topological polar surface area (TPSA) is 24.1 Å². The maximum Gasteiger partial charge on any atom is 0.0466 e. The van der Waals surface area contributed by atoms with Crippen molar-refractivity contribution >= 4 is 46.4 Å². The number of aryl methyl sites for hydroxylation is 4. The van der Waals surface area contributed by atoms with Crippen molar-refractivity contribution in [3.8, 4) is 0 Å². The molecule has 3 aromatic carbocycles. The fraction of sp³-hybridized carbons (Fsp3) is 0.316. The van der Waals surface area contributed by atoms with Crippen LogP contribution >= 0.6 is 29.4 Å². The summed E-state index contributed by atoms with van der Waals surface area (Å²) in [5.41, 5.74) is 12.9. The van der Waals surface area contributed by atoms with Crippen molar-refractivity contribution < 1.29 is 0 Å². The summed E-state index contributed by atoms with van der Waals surface area (Å²) < 4.78 is 1.19. The molecule has 5 rings (SSSR count). The number of rotatable bonds is 3. The van der Waals surface area contributed by atoms with Gasteiger partial charge in [-0.25, -0.2) is 0 Å². The molecule has 0 saturated heterocycles. The van der Waals surface area contributed by atoms with Crippen LogP contribution in [0.3, 0.4) is 0 Å². The molecule has 0 atom stereocenters. The summed E-state index contributed by atoms with van der Waals surface area (Å²) in [6.45, 7) is 18.8. The average Bonchev–Trinajstić information content (AvgIpc) is 2.96. The van der Waals surface area contributed by atoms with Crippen LogP contribution in [0.25, 0.3) is 17.0 Å². The first-order chi connectivity index (χ1) is 19.7. The molecule has 0 unspecified atom stereocenters. The van der Waals surface area contributed by atoms with E-state index in [-0.39, 0.29) is 13.5 Å². The molecule has 42 heavy (non-hydrogen) atoms. The molecule has 2 nitrogen and oxygen atoms in total. The van der Waals surface area contributed by atoms with E-state index in [0.29, 0.717) is 0 Å². The summed E-state index contributed by atoms with van der Waals surface area (Å²) >= 11 is 3.47. The Morgan fingerprint density at radius 1 is 0.595 bits per heavy atom. The molecule has 0 spiro atoms. The van der Waals surface area contributed by atoms with E-state index in [1.807, 2.05) is 0 Å². The van der Waals surface area contributed by atoms with Gasteiger partial charge in [-0.3, -0.25) is 0 Å². The molecule has 0 amide bonds. The Morgan fingerprint density at radius 3 is 1.43 bits per heavy atom. The Bertz CT molecular complexity index is 1370. The van der Waals surface area contributed by atoms with Crippen molar-refractivity contribution in [3.63, 3.8) is 0 Å². The minimum atomic E-state index is 0. The molecule has 3 aromatic rings. The molecule has 0 radical (unpaired) electrons. The van der Waals surface area contributed by atoms with Gasteiger partial charge in [0.25, 0.3) is 0 Å². The first-order valence-corrected chi connectivity index (χ1v) is 15.7. The molecule has 0 fully saturated rings. The molecular formula is C38H51BrN2S. The first-order valence-electron chi connectivity index (χ1n) is 14.9. The fourth-order valence-corrected chi connectivity index (χ4v) is 4.69. The molecule has 4 heteroatoms. The lowest BCUT2D eigenvalue weighted by atomic mass is 9.98. The van der Waals surface area contributed by atoms with Crippen molar-refractivity contribution in [1.29, 1.82) is 0 Å². The summed E-state index contributed by atoms with van der Waals surface area (Å²) in [6, 6.07) is 23.7. The largest absolute Gasteiger partial charge is 0.380 e. The monoisotopic (exact) mass is 646 g/mol. The average molecular weight is 648 g/mol. The SMILES string of the molecule is CCC.CCC.Cc1ccc(C2=CC=C(Br)CN2)c(C)c1.Cc1ccc(C2=CC=C(c3ccccc3)CN2)c(C)c1.S. The van der Waals surface area contributed by atoms with Crippen molar-refractivity contribution in [2.45, 2.75) is 68.2 Å². The molecular weight excluding hydrogens is 596 g/mol. The highest BCUT2D eigenvalue weighted by molar-refractivity contribution is 9.11. The molecule has 2 aliphatic heterocycles. The number of benzene rings is 3. The number of halogens is 1. The Hall–Kier alpha value is -2.95. The Kier molecular flexibility index (Phi) is 17.7. The van der Waals surface area contributed by atoms with Crippen molar-refractivity contribution in [2.75, 3.05) is 13.1 Å². The zero-order chi connectivity index (χ0) is 30.2. The van der Waals surface area contributed by atoms with E-state index in [9.17, 15) is 0 Å². The third-order valence-electron chi connectivity index (χ3n) is 6.29. The van der Waals surface area contributed by atoms with Crippen LogP contribution < -0.4 is 10.6 Å². The highest BCUT2D eigenvalue weighted by atomic mass is 79.9. The van der Waals surface area contributed by atoms with Crippen LogP contribution in [0.2, 0.25) is 0 Å². The molecule has 0 aliphatic carbocycles. The highest BCUT2D eigenvalue weighted by Gasteiger charge is 2.11.